The molecule has 3 rings (SSSR count). The van der Waals surface area contributed by atoms with Gasteiger partial charge in [0.2, 0.25) is 5.91 Å². The fourth-order valence-electron chi connectivity index (χ4n) is 4.47. The summed E-state index contributed by atoms with van der Waals surface area (Å²) < 4.78 is 0. The van der Waals surface area contributed by atoms with E-state index in [0.29, 0.717) is 66.9 Å². The molecule has 2 aromatic carbocycles. The number of rotatable bonds is 8. The predicted octanol–water partition coefficient (Wildman–Crippen LogP) is 5.16. The van der Waals surface area contributed by atoms with Crippen molar-refractivity contribution < 1.29 is 14.4 Å². The van der Waals surface area contributed by atoms with Gasteiger partial charge in [-0.1, -0.05) is 37.6 Å². The zero-order valence-electron chi connectivity index (χ0n) is 21.7. The molecule has 0 aliphatic carbocycles. The van der Waals surface area contributed by atoms with E-state index in [-0.39, 0.29) is 17.7 Å². The van der Waals surface area contributed by atoms with Crippen LogP contribution in [0.1, 0.15) is 61.3 Å². The Hall–Kier alpha value is -3.06. The molecule has 8 heteroatoms. The van der Waals surface area contributed by atoms with Crippen molar-refractivity contribution in [2.24, 2.45) is 5.92 Å². The van der Waals surface area contributed by atoms with E-state index in [9.17, 15) is 14.4 Å². The van der Waals surface area contributed by atoms with Gasteiger partial charge in [0, 0.05) is 57.1 Å². The molecule has 0 saturated carbocycles. The van der Waals surface area contributed by atoms with Crippen LogP contribution < -0.4 is 10.2 Å². The quantitative estimate of drug-likeness (QED) is 0.530. The highest BCUT2D eigenvalue weighted by molar-refractivity contribution is 6.34. The molecule has 1 aliphatic heterocycles. The predicted molar refractivity (Wildman–Crippen MR) is 146 cm³/mol. The van der Waals surface area contributed by atoms with Gasteiger partial charge < -0.3 is 20.0 Å². The van der Waals surface area contributed by atoms with E-state index in [1.807, 2.05) is 30.9 Å². The molecule has 7 nitrogen and oxygen atoms in total. The Balaban J connectivity index is 1.88. The van der Waals surface area contributed by atoms with Crippen LogP contribution in [0.15, 0.2) is 42.5 Å². The largest absolute Gasteiger partial charge is 0.369 e. The summed E-state index contributed by atoms with van der Waals surface area (Å²) in [6.45, 7) is 11.9. The van der Waals surface area contributed by atoms with Crippen LogP contribution >= 0.6 is 11.6 Å². The van der Waals surface area contributed by atoms with Gasteiger partial charge in [-0.3, -0.25) is 14.4 Å². The fraction of sp³-hybridized carbons (Fsp3) is 0.464. The Kier molecular flexibility index (Phi) is 9.76. The third-order valence-corrected chi connectivity index (χ3v) is 6.76. The highest BCUT2D eigenvalue weighted by Gasteiger charge is 2.25. The molecule has 0 atom stereocenters. The molecule has 0 unspecified atom stereocenters. The molecule has 36 heavy (non-hydrogen) atoms. The average Bonchev–Trinajstić information content (AvgIpc) is 3.11. The number of hydrogen-bond donors (Lipinski definition) is 1. The SMILES string of the molecule is CCN(CC)C(=O)c1cc(NC(=O)c2ccccc2Cl)ccc1N1CCCN(C(=O)CC(C)C)CC1. The summed E-state index contributed by atoms with van der Waals surface area (Å²) in [7, 11) is 0. The fourth-order valence-corrected chi connectivity index (χ4v) is 4.69. The molecule has 194 valence electrons. The zero-order chi connectivity index (χ0) is 26.2. The van der Waals surface area contributed by atoms with Crippen molar-refractivity contribution in [3.8, 4) is 0 Å². The van der Waals surface area contributed by atoms with Crippen molar-refractivity contribution in [1.29, 1.82) is 0 Å². The summed E-state index contributed by atoms with van der Waals surface area (Å²) >= 11 is 6.19. The monoisotopic (exact) mass is 512 g/mol. The minimum absolute atomic E-state index is 0.0826. The highest BCUT2D eigenvalue weighted by atomic mass is 35.5. The number of nitrogens with zero attached hydrogens (tertiary/aromatic N) is 3. The van der Waals surface area contributed by atoms with E-state index in [0.717, 1.165) is 18.7 Å². The van der Waals surface area contributed by atoms with Crippen LogP contribution in [-0.4, -0.2) is 66.8 Å². The van der Waals surface area contributed by atoms with Gasteiger partial charge >= 0.3 is 0 Å². The van der Waals surface area contributed by atoms with Gasteiger partial charge in [0.25, 0.3) is 11.8 Å². The number of benzene rings is 2. The van der Waals surface area contributed by atoms with E-state index in [1.54, 1.807) is 35.2 Å². The van der Waals surface area contributed by atoms with Crippen molar-refractivity contribution in [3.63, 3.8) is 0 Å². The van der Waals surface area contributed by atoms with Gasteiger partial charge in [0.15, 0.2) is 0 Å². The maximum Gasteiger partial charge on any atom is 0.257 e. The number of carbonyl (C=O) groups excluding carboxylic acids is 3. The number of hydrogen-bond acceptors (Lipinski definition) is 4. The van der Waals surface area contributed by atoms with Gasteiger partial charge in [-0.25, -0.2) is 0 Å². The lowest BCUT2D eigenvalue weighted by Crippen LogP contribution is -2.37. The zero-order valence-corrected chi connectivity index (χ0v) is 22.5. The molecule has 1 saturated heterocycles. The molecular formula is C28H37ClN4O3. The Bertz CT molecular complexity index is 1080. The van der Waals surface area contributed by atoms with Crippen molar-refractivity contribution in [2.45, 2.75) is 40.5 Å². The summed E-state index contributed by atoms with van der Waals surface area (Å²) in [6, 6.07) is 12.3. The highest BCUT2D eigenvalue weighted by Crippen LogP contribution is 2.28. The summed E-state index contributed by atoms with van der Waals surface area (Å²) in [4.78, 5) is 44.9. The Morgan fingerprint density at radius 2 is 1.69 bits per heavy atom. The molecule has 0 aromatic heterocycles. The Morgan fingerprint density at radius 1 is 0.972 bits per heavy atom. The summed E-state index contributed by atoms with van der Waals surface area (Å²) in [5, 5.41) is 3.25. The van der Waals surface area contributed by atoms with Crippen LogP contribution in [0, 0.1) is 5.92 Å². The third kappa shape index (κ3) is 6.78. The van der Waals surface area contributed by atoms with Crippen molar-refractivity contribution in [3.05, 3.63) is 58.6 Å². The molecule has 2 aromatic rings. The van der Waals surface area contributed by atoms with Crippen LogP contribution in [0.4, 0.5) is 11.4 Å². The second-order valence-corrected chi connectivity index (χ2v) is 9.87. The van der Waals surface area contributed by atoms with Gasteiger partial charge in [-0.2, -0.15) is 0 Å². The van der Waals surface area contributed by atoms with Crippen LogP contribution in [-0.2, 0) is 4.79 Å². The molecule has 0 bridgehead atoms. The second kappa shape index (κ2) is 12.8. The topological polar surface area (TPSA) is 73.0 Å². The number of anilines is 2. The van der Waals surface area contributed by atoms with Gasteiger partial charge in [-0.15, -0.1) is 0 Å². The first kappa shape index (κ1) is 27.5. The van der Waals surface area contributed by atoms with E-state index < -0.39 is 0 Å². The van der Waals surface area contributed by atoms with Crippen molar-refractivity contribution in [2.75, 3.05) is 49.5 Å². The minimum Gasteiger partial charge on any atom is -0.369 e. The van der Waals surface area contributed by atoms with Crippen LogP contribution in [0.25, 0.3) is 0 Å². The molecule has 1 heterocycles. The van der Waals surface area contributed by atoms with Crippen molar-refractivity contribution >= 4 is 40.7 Å². The van der Waals surface area contributed by atoms with Crippen LogP contribution in [0.5, 0.6) is 0 Å². The lowest BCUT2D eigenvalue weighted by molar-refractivity contribution is -0.131. The second-order valence-electron chi connectivity index (χ2n) is 9.46. The van der Waals surface area contributed by atoms with E-state index in [4.69, 9.17) is 11.6 Å². The third-order valence-electron chi connectivity index (χ3n) is 6.43. The molecule has 0 spiro atoms. The average molecular weight is 513 g/mol. The number of amides is 3. The summed E-state index contributed by atoms with van der Waals surface area (Å²) in [5.74, 6) is 0.0945. The van der Waals surface area contributed by atoms with E-state index in [1.165, 1.54) is 0 Å². The first-order valence-electron chi connectivity index (χ1n) is 12.8. The summed E-state index contributed by atoms with van der Waals surface area (Å²) in [5.41, 5.74) is 2.26. The maximum absolute atomic E-state index is 13.5. The van der Waals surface area contributed by atoms with E-state index >= 15 is 0 Å². The Labute approximate surface area is 219 Å². The first-order valence-corrected chi connectivity index (χ1v) is 13.1. The normalized spacial score (nSPS) is 13.9. The first-order chi connectivity index (χ1) is 17.2. The van der Waals surface area contributed by atoms with Gasteiger partial charge in [0.1, 0.15) is 0 Å². The van der Waals surface area contributed by atoms with Crippen LogP contribution in [0.2, 0.25) is 5.02 Å². The maximum atomic E-state index is 13.5. The number of nitrogens with one attached hydrogen (secondary N) is 1. The molecule has 1 aliphatic rings. The minimum atomic E-state index is -0.330. The molecule has 0 radical (unpaired) electrons. The number of halogens is 1. The van der Waals surface area contributed by atoms with E-state index in [2.05, 4.69) is 24.1 Å². The van der Waals surface area contributed by atoms with Crippen molar-refractivity contribution in [1.82, 2.24) is 9.80 Å². The molecule has 1 N–H and O–H groups in total. The van der Waals surface area contributed by atoms with Gasteiger partial charge in [-0.05, 0) is 56.5 Å². The standard InChI is InChI=1S/C28H37ClN4O3/c1-5-31(6-2)28(36)23-19-21(30-27(35)22-10-7-8-11-24(22)29)12-13-25(23)32-14-9-15-33(17-16-32)26(34)18-20(3)4/h7-8,10-13,19-20H,5-6,9,14-18H2,1-4H3,(H,30,35). The molecular weight excluding hydrogens is 476 g/mol. The summed E-state index contributed by atoms with van der Waals surface area (Å²) in [6.07, 6.45) is 1.37. The molecule has 1 fully saturated rings. The lowest BCUT2D eigenvalue weighted by atomic mass is 10.1. The lowest BCUT2D eigenvalue weighted by Gasteiger charge is -2.28. The van der Waals surface area contributed by atoms with Gasteiger partial charge in [0.05, 0.1) is 16.1 Å². The smallest absolute Gasteiger partial charge is 0.257 e. The Morgan fingerprint density at radius 3 is 2.36 bits per heavy atom. The van der Waals surface area contributed by atoms with Crippen LogP contribution in [0.3, 0.4) is 0 Å². The number of carbonyl (C=O) groups is 3. The molecule has 3 amide bonds.